The summed E-state index contributed by atoms with van der Waals surface area (Å²) in [7, 11) is 0. The van der Waals surface area contributed by atoms with E-state index in [9.17, 15) is 18.0 Å². The number of aromatic amines is 1. The third-order valence-electron chi connectivity index (χ3n) is 6.87. The molecular weight excluding hydrogens is 521 g/mol. The fourth-order valence-electron chi connectivity index (χ4n) is 4.63. The second-order valence-electron chi connectivity index (χ2n) is 9.59. The molecule has 5 aromatic rings. The highest BCUT2D eigenvalue weighted by Gasteiger charge is 2.31. The van der Waals surface area contributed by atoms with E-state index in [0.29, 0.717) is 40.6 Å². The Morgan fingerprint density at radius 1 is 0.950 bits per heavy atom. The van der Waals surface area contributed by atoms with E-state index in [-0.39, 0.29) is 12.5 Å². The van der Waals surface area contributed by atoms with Gasteiger partial charge in [0.1, 0.15) is 5.82 Å². The monoisotopic (exact) mass is 544 g/mol. The number of benzene rings is 3. The molecule has 10 heteroatoms. The summed E-state index contributed by atoms with van der Waals surface area (Å²) in [6.45, 7) is 3.73. The van der Waals surface area contributed by atoms with Crippen LogP contribution in [0.1, 0.15) is 38.4 Å². The maximum atomic E-state index is 13.2. The van der Waals surface area contributed by atoms with Crippen molar-refractivity contribution in [1.29, 1.82) is 0 Å². The second kappa shape index (κ2) is 9.71. The maximum absolute atomic E-state index is 13.2. The zero-order valence-corrected chi connectivity index (χ0v) is 21.5. The molecule has 6 rings (SSSR count). The molecule has 0 aliphatic carbocycles. The Bertz CT molecular complexity index is 1780. The molecule has 40 heavy (non-hydrogen) atoms. The third kappa shape index (κ3) is 4.84. The van der Waals surface area contributed by atoms with Crippen molar-refractivity contribution in [3.05, 3.63) is 101 Å². The average molecular weight is 545 g/mol. The molecular formula is C30H23F3N4O3. The number of carbonyl (C=O) groups excluding carboxylic acids is 1. The number of nitrogens with zero attached hydrogens (tertiary/aromatic N) is 2. The lowest BCUT2D eigenvalue weighted by Gasteiger charge is -2.14. The normalized spacial score (nSPS) is 12.6. The first-order chi connectivity index (χ1) is 19.2. The lowest BCUT2D eigenvalue weighted by Crippen LogP contribution is -2.15. The van der Waals surface area contributed by atoms with Crippen LogP contribution in [0.4, 0.5) is 18.9 Å². The highest BCUT2D eigenvalue weighted by Crippen LogP contribution is 2.37. The minimum atomic E-state index is -4.51. The van der Waals surface area contributed by atoms with Crippen LogP contribution in [0, 0.1) is 13.8 Å². The molecule has 0 unspecified atom stereocenters. The summed E-state index contributed by atoms with van der Waals surface area (Å²) in [5, 5.41) is 2.62. The predicted molar refractivity (Wildman–Crippen MR) is 144 cm³/mol. The number of carbonyl (C=O) groups is 1. The van der Waals surface area contributed by atoms with Crippen molar-refractivity contribution in [3.8, 4) is 22.8 Å². The van der Waals surface area contributed by atoms with Crippen molar-refractivity contribution in [2.24, 2.45) is 0 Å². The number of rotatable bonds is 5. The Balaban J connectivity index is 1.30. The fraction of sp³-hybridized carbons (Fsp3) is 0.167. The zero-order valence-electron chi connectivity index (χ0n) is 21.5. The first-order valence-electron chi connectivity index (χ1n) is 12.5. The van der Waals surface area contributed by atoms with E-state index < -0.39 is 17.6 Å². The Morgan fingerprint density at radius 3 is 2.58 bits per heavy atom. The minimum absolute atomic E-state index is 0.108. The molecule has 0 radical (unpaired) electrons. The molecule has 202 valence electrons. The number of aryl methyl sites for hydroxylation is 2. The predicted octanol–water partition coefficient (Wildman–Crippen LogP) is 6.83. The van der Waals surface area contributed by atoms with Crippen LogP contribution >= 0.6 is 0 Å². The molecule has 0 saturated carbocycles. The van der Waals surface area contributed by atoms with Crippen molar-refractivity contribution in [1.82, 2.24) is 15.0 Å². The highest BCUT2D eigenvalue weighted by atomic mass is 19.4. The molecule has 3 aromatic carbocycles. The van der Waals surface area contributed by atoms with E-state index in [1.54, 1.807) is 31.3 Å². The third-order valence-corrected chi connectivity index (χ3v) is 6.87. The van der Waals surface area contributed by atoms with Gasteiger partial charge < -0.3 is 19.8 Å². The first-order valence-corrected chi connectivity index (χ1v) is 12.5. The molecule has 0 bridgehead atoms. The van der Waals surface area contributed by atoms with E-state index in [1.807, 2.05) is 31.2 Å². The van der Waals surface area contributed by atoms with Crippen LogP contribution in [0.15, 0.2) is 66.9 Å². The number of H-pyrrole nitrogens is 1. The van der Waals surface area contributed by atoms with Crippen molar-refractivity contribution in [2.75, 3.05) is 12.1 Å². The quantitative estimate of drug-likeness (QED) is 0.253. The summed E-state index contributed by atoms with van der Waals surface area (Å²) in [6.07, 6.45) is -2.37. The lowest BCUT2D eigenvalue weighted by molar-refractivity contribution is -0.137. The van der Waals surface area contributed by atoms with Crippen LogP contribution in [0.5, 0.6) is 11.5 Å². The zero-order chi connectivity index (χ0) is 28.0. The van der Waals surface area contributed by atoms with E-state index in [1.165, 1.54) is 6.07 Å². The molecule has 1 aliphatic heterocycles. The van der Waals surface area contributed by atoms with Crippen LogP contribution in [-0.2, 0) is 12.6 Å². The lowest BCUT2D eigenvalue weighted by atomic mass is 10.0. The summed E-state index contributed by atoms with van der Waals surface area (Å²) in [5.74, 6) is 1.36. The molecule has 7 nitrogen and oxygen atoms in total. The van der Waals surface area contributed by atoms with Crippen molar-refractivity contribution in [3.63, 3.8) is 0 Å². The summed E-state index contributed by atoms with van der Waals surface area (Å²) in [5.41, 5.74) is 4.93. The number of alkyl halides is 3. The van der Waals surface area contributed by atoms with Gasteiger partial charge in [-0.3, -0.25) is 4.79 Å². The summed E-state index contributed by atoms with van der Waals surface area (Å²) in [4.78, 5) is 25.8. The standard InChI is InChI=1S/C30H23F3N4O3/c1-16-3-5-19(29(38)36-23-14-21(30(31,32)33)7-4-17(23)2)11-20(16)13-26-35-22-9-10-34-28(22)27(37-26)18-6-8-24-25(12-18)40-15-39-24/h3-12,14,34H,13,15H2,1-2H3,(H,36,38). The van der Waals surface area contributed by atoms with Crippen LogP contribution in [0.3, 0.4) is 0 Å². The van der Waals surface area contributed by atoms with Gasteiger partial charge in [-0.1, -0.05) is 12.1 Å². The Morgan fingerprint density at radius 2 is 1.75 bits per heavy atom. The minimum Gasteiger partial charge on any atom is -0.454 e. The Hall–Kier alpha value is -4.86. The number of halogens is 3. The van der Waals surface area contributed by atoms with E-state index in [0.717, 1.165) is 39.9 Å². The van der Waals surface area contributed by atoms with Gasteiger partial charge in [-0.15, -0.1) is 0 Å². The van der Waals surface area contributed by atoms with Crippen LogP contribution < -0.4 is 14.8 Å². The van der Waals surface area contributed by atoms with Crippen LogP contribution in [0.25, 0.3) is 22.3 Å². The second-order valence-corrected chi connectivity index (χ2v) is 9.59. The van der Waals surface area contributed by atoms with E-state index in [4.69, 9.17) is 19.4 Å². The summed E-state index contributed by atoms with van der Waals surface area (Å²) < 4.78 is 50.6. The SMILES string of the molecule is Cc1ccc(C(=O)Nc2cc(C(F)(F)F)ccc2C)cc1Cc1nc(-c2ccc3c(c2)OCO3)c2[nH]ccc2n1. The van der Waals surface area contributed by atoms with Gasteiger partial charge in [0, 0.05) is 29.4 Å². The largest absolute Gasteiger partial charge is 0.454 e. The smallest absolute Gasteiger partial charge is 0.416 e. The Kier molecular flexibility index (Phi) is 6.17. The number of hydrogen-bond acceptors (Lipinski definition) is 5. The van der Waals surface area contributed by atoms with Crippen LogP contribution in [-0.4, -0.2) is 27.7 Å². The van der Waals surface area contributed by atoms with Gasteiger partial charge in [-0.2, -0.15) is 13.2 Å². The first kappa shape index (κ1) is 25.4. The molecule has 0 spiro atoms. The Labute approximate surface area is 227 Å². The average Bonchev–Trinajstić information content (AvgIpc) is 3.59. The highest BCUT2D eigenvalue weighted by molar-refractivity contribution is 6.05. The van der Waals surface area contributed by atoms with Gasteiger partial charge in [0.2, 0.25) is 6.79 Å². The molecule has 2 N–H and O–H groups in total. The van der Waals surface area contributed by atoms with Gasteiger partial charge in [0.25, 0.3) is 5.91 Å². The fourth-order valence-corrected chi connectivity index (χ4v) is 4.63. The van der Waals surface area contributed by atoms with E-state index in [2.05, 4.69) is 10.3 Å². The van der Waals surface area contributed by atoms with Crippen molar-refractivity contribution in [2.45, 2.75) is 26.4 Å². The van der Waals surface area contributed by atoms with Gasteiger partial charge in [0.05, 0.1) is 22.3 Å². The molecule has 3 heterocycles. The number of hydrogen-bond donors (Lipinski definition) is 2. The molecule has 2 aromatic heterocycles. The molecule has 0 atom stereocenters. The number of fused-ring (bicyclic) bond motifs is 2. The van der Waals surface area contributed by atoms with Crippen LogP contribution in [0.2, 0.25) is 0 Å². The number of ether oxygens (including phenoxy) is 2. The number of aromatic nitrogens is 3. The molecule has 1 amide bonds. The number of nitrogens with one attached hydrogen (secondary N) is 2. The maximum Gasteiger partial charge on any atom is 0.416 e. The molecule has 1 aliphatic rings. The van der Waals surface area contributed by atoms with Gasteiger partial charge in [-0.05, 0) is 79.1 Å². The molecule has 0 fully saturated rings. The topological polar surface area (TPSA) is 89.1 Å². The van der Waals surface area contributed by atoms with Gasteiger partial charge >= 0.3 is 6.18 Å². The summed E-state index contributed by atoms with van der Waals surface area (Å²) in [6, 6.07) is 15.9. The number of anilines is 1. The van der Waals surface area contributed by atoms with Crippen molar-refractivity contribution < 1.29 is 27.4 Å². The van der Waals surface area contributed by atoms with E-state index >= 15 is 0 Å². The summed E-state index contributed by atoms with van der Waals surface area (Å²) >= 11 is 0. The van der Waals surface area contributed by atoms with Crippen molar-refractivity contribution >= 4 is 22.6 Å². The van der Waals surface area contributed by atoms with Gasteiger partial charge in [-0.25, -0.2) is 9.97 Å². The van der Waals surface area contributed by atoms with Gasteiger partial charge in [0.15, 0.2) is 11.5 Å². The molecule has 0 saturated heterocycles. The number of amides is 1.